The number of aromatic carboxylic acids is 1. The Hall–Kier alpha value is -2.02. The molecule has 0 bridgehead atoms. The summed E-state index contributed by atoms with van der Waals surface area (Å²) in [6.45, 7) is 3.14. The number of nitrogens with one attached hydrogen (secondary N) is 2. The number of hydrogen-bond donors (Lipinski definition) is 4. The number of carboxylic acids is 1. The highest BCUT2D eigenvalue weighted by molar-refractivity contribution is 7.80. The molecular weight excluding hydrogens is 292 g/mol. The second kappa shape index (κ2) is 9.82. The van der Waals surface area contributed by atoms with Crippen LogP contribution in [0.25, 0.3) is 0 Å². The number of amides is 2. The molecule has 0 aliphatic carbocycles. The van der Waals surface area contributed by atoms with Crippen LogP contribution >= 0.6 is 12.6 Å². The quantitative estimate of drug-likeness (QED) is 0.620. The second-order valence-corrected chi connectivity index (χ2v) is 4.54. The average Bonchev–Trinajstić information content (AvgIpc) is 2.44. The Bertz CT molecular complexity index is 506. The molecule has 116 valence electrons. The largest absolute Gasteiger partial charge is 0.478 e. The van der Waals surface area contributed by atoms with Crippen LogP contribution in [-0.2, 0) is 9.59 Å². The van der Waals surface area contributed by atoms with Crippen molar-refractivity contribution in [1.29, 1.82) is 0 Å². The fourth-order valence-electron chi connectivity index (χ4n) is 1.43. The Labute approximate surface area is 129 Å². The summed E-state index contributed by atoms with van der Waals surface area (Å²) in [6.07, 6.45) is 0. The Balaban J connectivity index is 0.000000382. The van der Waals surface area contributed by atoms with Crippen molar-refractivity contribution in [2.45, 2.75) is 19.9 Å². The van der Waals surface area contributed by atoms with Crippen LogP contribution < -0.4 is 10.6 Å². The first-order valence-electron chi connectivity index (χ1n) is 6.22. The van der Waals surface area contributed by atoms with E-state index in [2.05, 4.69) is 23.3 Å². The van der Waals surface area contributed by atoms with Crippen LogP contribution in [0.2, 0.25) is 0 Å². The number of carboxylic acid groups (broad SMARTS) is 1. The van der Waals surface area contributed by atoms with Crippen molar-refractivity contribution in [3.8, 4) is 0 Å². The average molecular weight is 312 g/mol. The zero-order valence-corrected chi connectivity index (χ0v) is 13.1. The van der Waals surface area contributed by atoms with Gasteiger partial charge in [0.1, 0.15) is 6.04 Å². The van der Waals surface area contributed by atoms with Crippen LogP contribution in [0, 0.1) is 6.92 Å². The Morgan fingerprint density at radius 3 is 2.19 bits per heavy atom. The van der Waals surface area contributed by atoms with Crippen molar-refractivity contribution in [2.24, 2.45) is 0 Å². The van der Waals surface area contributed by atoms with Crippen molar-refractivity contribution < 1.29 is 19.5 Å². The van der Waals surface area contributed by atoms with E-state index < -0.39 is 12.0 Å². The number of benzene rings is 1. The minimum absolute atomic E-state index is 0.227. The van der Waals surface area contributed by atoms with Gasteiger partial charge in [0.2, 0.25) is 11.8 Å². The normalized spacial score (nSPS) is 10.7. The highest BCUT2D eigenvalue weighted by Gasteiger charge is 2.15. The van der Waals surface area contributed by atoms with E-state index in [9.17, 15) is 14.4 Å². The topological polar surface area (TPSA) is 95.5 Å². The summed E-state index contributed by atoms with van der Waals surface area (Å²) in [4.78, 5) is 31.8. The highest BCUT2D eigenvalue weighted by Crippen LogP contribution is 2.05. The molecule has 21 heavy (non-hydrogen) atoms. The number of carbonyl (C=O) groups excluding carboxylic acids is 2. The van der Waals surface area contributed by atoms with E-state index in [0.717, 1.165) is 5.56 Å². The Morgan fingerprint density at radius 2 is 1.86 bits per heavy atom. The maximum atomic E-state index is 10.9. The molecule has 0 aliphatic heterocycles. The fourth-order valence-corrected chi connectivity index (χ4v) is 1.68. The fraction of sp³-hybridized carbons (Fsp3) is 0.357. The first-order chi connectivity index (χ1) is 9.83. The lowest BCUT2D eigenvalue weighted by molar-refractivity contribution is -0.127. The second-order valence-electron chi connectivity index (χ2n) is 4.17. The Kier molecular flexibility index (Phi) is 8.87. The van der Waals surface area contributed by atoms with E-state index >= 15 is 0 Å². The SMILES string of the molecule is CNC(=O)C(CS)NC(C)=O.Cc1ccccc1C(=O)O. The van der Waals surface area contributed by atoms with E-state index in [-0.39, 0.29) is 11.8 Å². The lowest BCUT2D eigenvalue weighted by Gasteiger charge is -2.12. The van der Waals surface area contributed by atoms with E-state index in [1.165, 1.54) is 14.0 Å². The smallest absolute Gasteiger partial charge is 0.335 e. The van der Waals surface area contributed by atoms with Gasteiger partial charge in [0, 0.05) is 19.7 Å². The van der Waals surface area contributed by atoms with E-state index in [0.29, 0.717) is 11.3 Å². The molecule has 1 unspecified atom stereocenters. The first-order valence-corrected chi connectivity index (χ1v) is 6.85. The van der Waals surface area contributed by atoms with Gasteiger partial charge in [-0.1, -0.05) is 18.2 Å². The van der Waals surface area contributed by atoms with Gasteiger partial charge in [0.05, 0.1) is 5.56 Å². The van der Waals surface area contributed by atoms with Gasteiger partial charge in [-0.2, -0.15) is 12.6 Å². The molecular formula is C14H20N2O4S. The van der Waals surface area contributed by atoms with Crippen LogP contribution in [0.3, 0.4) is 0 Å². The molecule has 1 rings (SSSR count). The highest BCUT2D eigenvalue weighted by atomic mass is 32.1. The molecule has 0 saturated carbocycles. The third kappa shape index (κ3) is 7.36. The molecule has 0 aliphatic rings. The summed E-state index contributed by atoms with van der Waals surface area (Å²) in [6, 6.07) is 6.39. The molecule has 0 saturated heterocycles. The molecule has 3 N–H and O–H groups in total. The van der Waals surface area contributed by atoms with Gasteiger partial charge in [-0.3, -0.25) is 9.59 Å². The van der Waals surface area contributed by atoms with Gasteiger partial charge >= 0.3 is 5.97 Å². The van der Waals surface area contributed by atoms with Crippen LogP contribution in [0.1, 0.15) is 22.8 Å². The first kappa shape index (κ1) is 19.0. The molecule has 0 radical (unpaired) electrons. The monoisotopic (exact) mass is 312 g/mol. The number of rotatable bonds is 4. The summed E-state index contributed by atoms with van der Waals surface area (Å²) >= 11 is 3.91. The standard InChI is InChI=1S/C8H8O2.C6H12N2O2S/c1-6-4-2-3-5-7(6)8(9)10;1-4(9)8-5(3-11)6(10)7-2/h2-5H,1H3,(H,9,10);5,11H,3H2,1-2H3,(H,7,10)(H,8,9). The molecule has 7 heteroatoms. The lowest BCUT2D eigenvalue weighted by atomic mass is 10.1. The van der Waals surface area contributed by atoms with Crippen molar-refractivity contribution >= 4 is 30.4 Å². The molecule has 1 aromatic rings. The summed E-state index contributed by atoms with van der Waals surface area (Å²) in [5, 5.41) is 13.4. The van der Waals surface area contributed by atoms with Gasteiger partial charge in [0.25, 0.3) is 0 Å². The van der Waals surface area contributed by atoms with Crippen molar-refractivity contribution in [3.63, 3.8) is 0 Å². The zero-order chi connectivity index (χ0) is 16.4. The van der Waals surface area contributed by atoms with Crippen LogP contribution in [0.15, 0.2) is 24.3 Å². The van der Waals surface area contributed by atoms with Crippen LogP contribution in [0.4, 0.5) is 0 Å². The molecule has 6 nitrogen and oxygen atoms in total. The molecule has 2 amide bonds. The third-order valence-electron chi connectivity index (χ3n) is 2.50. The van der Waals surface area contributed by atoms with Crippen LogP contribution in [0.5, 0.6) is 0 Å². The van der Waals surface area contributed by atoms with Gasteiger partial charge in [-0.05, 0) is 18.6 Å². The predicted molar refractivity (Wildman–Crippen MR) is 83.7 cm³/mol. The minimum Gasteiger partial charge on any atom is -0.478 e. The number of aryl methyl sites for hydroxylation is 1. The molecule has 1 atom stereocenters. The van der Waals surface area contributed by atoms with Gasteiger partial charge in [-0.15, -0.1) is 0 Å². The maximum absolute atomic E-state index is 10.9. The molecule has 1 aromatic carbocycles. The number of hydrogen-bond acceptors (Lipinski definition) is 4. The lowest BCUT2D eigenvalue weighted by Crippen LogP contribution is -2.46. The van der Waals surface area contributed by atoms with Crippen molar-refractivity contribution in [2.75, 3.05) is 12.8 Å². The third-order valence-corrected chi connectivity index (χ3v) is 2.86. The van der Waals surface area contributed by atoms with Crippen molar-refractivity contribution in [1.82, 2.24) is 10.6 Å². The van der Waals surface area contributed by atoms with Gasteiger partial charge in [-0.25, -0.2) is 4.79 Å². The Morgan fingerprint density at radius 1 is 1.29 bits per heavy atom. The van der Waals surface area contributed by atoms with Gasteiger partial charge in [0.15, 0.2) is 0 Å². The van der Waals surface area contributed by atoms with Crippen LogP contribution in [-0.4, -0.2) is 41.7 Å². The van der Waals surface area contributed by atoms with Gasteiger partial charge < -0.3 is 15.7 Å². The molecule has 0 fully saturated rings. The zero-order valence-electron chi connectivity index (χ0n) is 12.2. The predicted octanol–water partition coefficient (Wildman–Crippen LogP) is 0.860. The molecule has 0 spiro atoms. The number of carbonyl (C=O) groups is 3. The summed E-state index contributed by atoms with van der Waals surface area (Å²) < 4.78 is 0. The maximum Gasteiger partial charge on any atom is 0.335 e. The summed E-state index contributed by atoms with van der Waals surface area (Å²) in [7, 11) is 1.51. The summed E-state index contributed by atoms with van der Waals surface area (Å²) in [5.74, 6) is -1.01. The van der Waals surface area contributed by atoms with E-state index in [1.807, 2.05) is 6.07 Å². The van der Waals surface area contributed by atoms with Crippen molar-refractivity contribution in [3.05, 3.63) is 35.4 Å². The minimum atomic E-state index is -0.863. The van der Waals surface area contributed by atoms with E-state index in [1.54, 1.807) is 25.1 Å². The number of likely N-dealkylation sites (N-methyl/N-ethyl adjacent to an activating group) is 1. The molecule has 0 heterocycles. The summed E-state index contributed by atoms with van der Waals surface area (Å²) in [5.41, 5.74) is 1.18. The van der Waals surface area contributed by atoms with E-state index in [4.69, 9.17) is 5.11 Å². The number of thiol groups is 1. The molecule has 0 aromatic heterocycles.